The number of halogens is 3. The molecule has 0 aromatic heterocycles. The minimum atomic E-state index is -4.23. The molecule has 2 bridgehead atoms. The zero-order valence-corrected chi connectivity index (χ0v) is 7.80. The van der Waals surface area contributed by atoms with Gasteiger partial charge in [0.1, 0.15) is 6.04 Å². The molecule has 4 heteroatoms. The highest BCUT2D eigenvalue weighted by Gasteiger charge is 2.42. The molecule has 4 unspecified atom stereocenters. The van der Waals surface area contributed by atoms with Crippen molar-refractivity contribution in [2.24, 2.45) is 23.5 Å². The van der Waals surface area contributed by atoms with E-state index in [9.17, 15) is 13.2 Å². The predicted molar refractivity (Wildman–Crippen MR) is 47.5 cm³/mol. The predicted octanol–water partition coefficient (Wildman–Crippen LogP) is 2.48. The maximum absolute atomic E-state index is 12.2. The van der Waals surface area contributed by atoms with Crippen LogP contribution >= 0.6 is 0 Å². The van der Waals surface area contributed by atoms with Gasteiger partial charge in [-0.05, 0) is 37.0 Å². The maximum Gasteiger partial charge on any atom is 0.403 e. The Labute approximate surface area is 81.2 Å². The van der Waals surface area contributed by atoms with Crippen molar-refractivity contribution in [2.45, 2.75) is 31.5 Å². The molecule has 0 aromatic carbocycles. The molecular weight excluding hydrogens is 191 g/mol. The first-order valence-corrected chi connectivity index (χ1v) is 4.97. The first-order chi connectivity index (χ1) is 6.47. The zero-order chi connectivity index (χ0) is 10.3. The Bertz CT molecular complexity index is 246. The quantitative estimate of drug-likeness (QED) is 0.688. The SMILES string of the molecule is NC(CC1CC2C=CC1C2)C(F)(F)F. The average molecular weight is 205 g/mol. The van der Waals surface area contributed by atoms with Crippen molar-refractivity contribution >= 4 is 0 Å². The zero-order valence-electron chi connectivity index (χ0n) is 7.80. The van der Waals surface area contributed by atoms with Crippen LogP contribution in [0.1, 0.15) is 19.3 Å². The Kier molecular flexibility index (Phi) is 2.33. The van der Waals surface area contributed by atoms with Gasteiger partial charge in [-0.1, -0.05) is 12.2 Å². The molecule has 1 fully saturated rings. The van der Waals surface area contributed by atoms with E-state index in [-0.39, 0.29) is 12.3 Å². The molecule has 0 amide bonds. The molecule has 2 aliphatic carbocycles. The Balaban J connectivity index is 1.90. The van der Waals surface area contributed by atoms with Crippen LogP contribution in [-0.2, 0) is 0 Å². The van der Waals surface area contributed by atoms with Gasteiger partial charge in [-0.25, -0.2) is 0 Å². The lowest BCUT2D eigenvalue weighted by molar-refractivity contribution is -0.151. The second-order valence-corrected chi connectivity index (χ2v) is 4.42. The third kappa shape index (κ3) is 1.80. The summed E-state index contributed by atoms with van der Waals surface area (Å²) in [7, 11) is 0. The molecule has 0 aliphatic heterocycles. The van der Waals surface area contributed by atoms with Crippen molar-refractivity contribution < 1.29 is 13.2 Å². The van der Waals surface area contributed by atoms with Crippen LogP contribution in [0.3, 0.4) is 0 Å². The largest absolute Gasteiger partial charge is 0.403 e. The summed E-state index contributed by atoms with van der Waals surface area (Å²) in [5.74, 6) is 1.03. The average Bonchev–Trinajstić information content (AvgIpc) is 2.62. The fraction of sp³-hybridized carbons (Fsp3) is 0.800. The lowest BCUT2D eigenvalue weighted by atomic mass is 9.88. The number of alkyl halides is 3. The third-order valence-corrected chi connectivity index (χ3v) is 3.39. The van der Waals surface area contributed by atoms with Crippen LogP contribution in [0, 0.1) is 17.8 Å². The molecule has 1 nitrogen and oxygen atoms in total. The second kappa shape index (κ2) is 3.26. The van der Waals surface area contributed by atoms with Crippen LogP contribution in [0.2, 0.25) is 0 Å². The second-order valence-electron chi connectivity index (χ2n) is 4.42. The fourth-order valence-corrected chi connectivity index (χ4v) is 2.63. The molecule has 1 saturated carbocycles. The van der Waals surface area contributed by atoms with Crippen molar-refractivity contribution in [1.82, 2.24) is 0 Å². The van der Waals surface area contributed by atoms with Crippen LogP contribution < -0.4 is 5.73 Å². The Morgan fingerprint density at radius 3 is 2.43 bits per heavy atom. The number of nitrogens with two attached hydrogens (primary N) is 1. The van der Waals surface area contributed by atoms with Crippen LogP contribution in [0.15, 0.2) is 12.2 Å². The topological polar surface area (TPSA) is 26.0 Å². The van der Waals surface area contributed by atoms with E-state index in [0.717, 1.165) is 12.8 Å². The number of rotatable bonds is 2. The molecule has 4 atom stereocenters. The lowest BCUT2D eigenvalue weighted by Gasteiger charge is -2.23. The summed E-state index contributed by atoms with van der Waals surface area (Å²) < 4.78 is 36.6. The third-order valence-electron chi connectivity index (χ3n) is 3.39. The number of allylic oxidation sites excluding steroid dienone is 2. The fourth-order valence-electron chi connectivity index (χ4n) is 2.63. The van der Waals surface area contributed by atoms with Crippen molar-refractivity contribution in [1.29, 1.82) is 0 Å². The van der Waals surface area contributed by atoms with Crippen molar-refractivity contribution in [3.8, 4) is 0 Å². The molecule has 2 rings (SSSR count). The lowest BCUT2D eigenvalue weighted by Crippen LogP contribution is -2.39. The summed E-state index contributed by atoms with van der Waals surface area (Å²) in [5, 5.41) is 0. The van der Waals surface area contributed by atoms with E-state index < -0.39 is 12.2 Å². The summed E-state index contributed by atoms with van der Waals surface area (Å²) >= 11 is 0. The Hall–Kier alpha value is -0.510. The van der Waals surface area contributed by atoms with Gasteiger partial charge in [0.05, 0.1) is 0 Å². The number of hydrogen-bond donors (Lipinski definition) is 1. The van der Waals surface area contributed by atoms with E-state index in [1.807, 2.05) is 0 Å². The first-order valence-electron chi connectivity index (χ1n) is 4.97. The highest BCUT2D eigenvalue weighted by Crippen LogP contribution is 2.46. The van der Waals surface area contributed by atoms with Gasteiger partial charge >= 0.3 is 6.18 Å². The standard InChI is InChI=1S/C10H14F3N/c11-10(12,13)9(14)5-8-4-6-1-2-7(8)3-6/h1-2,6-9H,3-5,14H2. The van der Waals surface area contributed by atoms with Gasteiger partial charge in [-0.3, -0.25) is 0 Å². The molecule has 0 heterocycles. The number of fused-ring (bicyclic) bond motifs is 2. The Morgan fingerprint density at radius 1 is 1.29 bits per heavy atom. The maximum atomic E-state index is 12.2. The van der Waals surface area contributed by atoms with Crippen LogP contribution in [0.25, 0.3) is 0 Å². The minimum absolute atomic E-state index is 0.0923. The molecular formula is C10H14F3N. The molecule has 2 aliphatic rings. The normalized spacial score (nSPS) is 37.9. The summed E-state index contributed by atoms with van der Waals surface area (Å²) in [5.41, 5.74) is 5.11. The molecule has 0 saturated heterocycles. The molecule has 0 spiro atoms. The van der Waals surface area contributed by atoms with Crippen molar-refractivity contribution in [3.63, 3.8) is 0 Å². The van der Waals surface area contributed by atoms with Crippen molar-refractivity contribution in [2.75, 3.05) is 0 Å². The van der Waals surface area contributed by atoms with E-state index >= 15 is 0 Å². The van der Waals surface area contributed by atoms with E-state index in [1.54, 1.807) is 0 Å². The van der Waals surface area contributed by atoms with Crippen LogP contribution in [-0.4, -0.2) is 12.2 Å². The van der Waals surface area contributed by atoms with E-state index in [2.05, 4.69) is 12.2 Å². The molecule has 0 aromatic rings. The summed E-state index contributed by atoms with van der Waals surface area (Å²) in [6.07, 6.45) is 1.98. The highest BCUT2D eigenvalue weighted by atomic mass is 19.4. The molecule has 2 N–H and O–H groups in total. The van der Waals surface area contributed by atoms with Crippen LogP contribution in [0.4, 0.5) is 13.2 Å². The van der Waals surface area contributed by atoms with Gasteiger partial charge in [-0.15, -0.1) is 0 Å². The summed E-state index contributed by atoms with van der Waals surface area (Å²) in [6.45, 7) is 0. The monoisotopic (exact) mass is 205 g/mol. The van der Waals surface area contributed by atoms with Gasteiger partial charge in [0.25, 0.3) is 0 Å². The van der Waals surface area contributed by atoms with Gasteiger partial charge in [-0.2, -0.15) is 13.2 Å². The van der Waals surface area contributed by atoms with Crippen molar-refractivity contribution in [3.05, 3.63) is 12.2 Å². The van der Waals surface area contributed by atoms with Gasteiger partial charge in [0.2, 0.25) is 0 Å². The van der Waals surface area contributed by atoms with Gasteiger partial charge < -0.3 is 5.73 Å². The number of hydrogen-bond acceptors (Lipinski definition) is 1. The molecule has 80 valence electrons. The molecule has 14 heavy (non-hydrogen) atoms. The van der Waals surface area contributed by atoms with E-state index in [0.29, 0.717) is 11.8 Å². The summed E-state index contributed by atoms with van der Waals surface area (Å²) in [6, 6.07) is -1.64. The van der Waals surface area contributed by atoms with E-state index in [1.165, 1.54) is 0 Å². The first kappa shape index (κ1) is 10.0. The minimum Gasteiger partial charge on any atom is -0.320 e. The van der Waals surface area contributed by atoms with Gasteiger partial charge in [0.15, 0.2) is 0 Å². The highest BCUT2D eigenvalue weighted by molar-refractivity contribution is 5.10. The van der Waals surface area contributed by atoms with Crippen LogP contribution in [0.5, 0.6) is 0 Å². The smallest absolute Gasteiger partial charge is 0.320 e. The van der Waals surface area contributed by atoms with E-state index in [4.69, 9.17) is 5.73 Å². The Morgan fingerprint density at radius 2 is 2.00 bits per heavy atom. The van der Waals surface area contributed by atoms with Gasteiger partial charge in [0, 0.05) is 0 Å². The summed E-state index contributed by atoms with van der Waals surface area (Å²) in [4.78, 5) is 0. The molecule has 0 radical (unpaired) electrons.